The average Bonchev–Trinajstić information content (AvgIpc) is 3.45. The van der Waals surface area contributed by atoms with E-state index in [1.165, 1.54) is 11.6 Å². The summed E-state index contributed by atoms with van der Waals surface area (Å²) in [7, 11) is 0. The molecule has 0 spiro atoms. The first-order chi connectivity index (χ1) is 19.4. The van der Waals surface area contributed by atoms with E-state index < -0.39 is 0 Å². The van der Waals surface area contributed by atoms with Gasteiger partial charge in [0.1, 0.15) is 17.8 Å². The van der Waals surface area contributed by atoms with Gasteiger partial charge in [0.25, 0.3) is 5.91 Å². The van der Waals surface area contributed by atoms with Crippen LogP contribution in [0.15, 0.2) is 42.7 Å². The van der Waals surface area contributed by atoms with E-state index in [2.05, 4.69) is 37.4 Å². The molecule has 0 aliphatic carbocycles. The molecule has 2 fully saturated rings. The highest BCUT2D eigenvalue weighted by Crippen LogP contribution is 2.37. The lowest BCUT2D eigenvalue weighted by Crippen LogP contribution is -2.43. The molecule has 214 valence electrons. The molecule has 1 unspecified atom stereocenters. The van der Waals surface area contributed by atoms with Crippen LogP contribution in [0.2, 0.25) is 0 Å². The zero-order chi connectivity index (χ0) is 28.1. The molecule has 5 rings (SSSR count). The van der Waals surface area contributed by atoms with Gasteiger partial charge in [0.05, 0.1) is 32.5 Å². The summed E-state index contributed by atoms with van der Waals surface area (Å²) in [6.45, 7) is 10.8. The standard InChI is InChI=1S/C29H38N6O5/c1-20(2)23-15-24(27(37)16-26(23)36)25-18-40-14-11-34(25)8-7-30-29(38)28-32-31-19-35(28)22-5-3-21(4-6-22)17-33-9-12-39-13-10-33/h3-6,15-16,19-20,25,36-37H,7-14,17-18H2,1-2H3,(H,30,38). The van der Waals surface area contributed by atoms with Gasteiger partial charge < -0.3 is 25.0 Å². The third-order valence-electron chi connectivity index (χ3n) is 7.56. The Balaban J connectivity index is 1.20. The first-order valence-corrected chi connectivity index (χ1v) is 13.9. The number of benzene rings is 2. The topological polar surface area (TPSA) is 125 Å². The number of amides is 1. The number of phenols is 2. The highest BCUT2D eigenvalue weighted by molar-refractivity contribution is 5.91. The van der Waals surface area contributed by atoms with Crippen molar-refractivity contribution in [2.45, 2.75) is 32.4 Å². The van der Waals surface area contributed by atoms with Crippen molar-refractivity contribution in [3.63, 3.8) is 0 Å². The fraction of sp³-hybridized carbons (Fsp3) is 0.483. The number of aromatic hydroxyl groups is 2. The van der Waals surface area contributed by atoms with Gasteiger partial charge in [-0.2, -0.15) is 0 Å². The summed E-state index contributed by atoms with van der Waals surface area (Å²) in [5.74, 6) is 0.138. The van der Waals surface area contributed by atoms with E-state index in [1.807, 2.05) is 32.0 Å². The highest BCUT2D eigenvalue weighted by atomic mass is 16.5. The fourth-order valence-electron chi connectivity index (χ4n) is 5.28. The van der Waals surface area contributed by atoms with Crippen molar-refractivity contribution >= 4 is 5.91 Å². The van der Waals surface area contributed by atoms with Gasteiger partial charge in [-0.25, -0.2) is 0 Å². The lowest BCUT2D eigenvalue weighted by molar-refractivity contribution is -0.00843. The summed E-state index contributed by atoms with van der Waals surface area (Å²) in [6, 6.07) is 11.1. The monoisotopic (exact) mass is 550 g/mol. The minimum absolute atomic E-state index is 0.0375. The van der Waals surface area contributed by atoms with Gasteiger partial charge in [0.2, 0.25) is 5.82 Å². The van der Waals surface area contributed by atoms with Crippen molar-refractivity contribution < 1.29 is 24.5 Å². The van der Waals surface area contributed by atoms with Crippen LogP contribution in [0.5, 0.6) is 11.5 Å². The summed E-state index contributed by atoms with van der Waals surface area (Å²) in [5.41, 5.74) is 3.51. The molecule has 0 bridgehead atoms. The number of carbonyl (C=O) groups is 1. The first-order valence-electron chi connectivity index (χ1n) is 13.9. The molecule has 11 nitrogen and oxygen atoms in total. The maximum absolute atomic E-state index is 13.1. The van der Waals surface area contributed by atoms with E-state index in [-0.39, 0.29) is 35.2 Å². The molecule has 0 saturated carbocycles. The Morgan fingerprint density at radius 2 is 1.80 bits per heavy atom. The minimum atomic E-state index is -0.311. The second-order valence-electron chi connectivity index (χ2n) is 10.6. The zero-order valence-corrected chi connectivity index (χ0v) is 23.1. The van der Waals surface area contributed by atoms with E-state index in [0.29, 0.717) is 38.4 Å². The van der Waals surface area contributed by atoms with Crippen LogP contribution >= 0.6 is 0 Å². The molecule has 40 heavy (non-hydrogen) atoms. The van der Waals surface area contributed by atoms with Gasteiger partial charge in [-0.3, -0.25) is 19.2 Å². The third kappa shape index (κ3) is 6.44. The number of nitrogens with zero attached hydrogens (tertiary/aromatic N) is 5. The quantitative estimate of drug-likeness (QED) is 0.368. The molecule has 2 aliphatic heterocycles. The van der Waals surface area contributed by atoms with Crippen LogP contribution in [0.1, 0.15) is 53.1 Å². The van der Waals surface area contributed by atoms with Gasteiger partial charge in [-0.05, 0) is 35.2 Å². The lowest BCUT2D eigenvalue weighted by atomic mass is 9.95. The average molecular weight is 551 g/mol. The molecular weight excluding hydrogens is 512 g/mol. The Labute approximate surface area is 234 Å². The predicted octanol–water partition coefficient (Wildman–Crippen LogP) is 2.44. The van der Waals surface area contributed by atoms with Gasteiger partial charge >= 0.3 is 0 Å². The molecule has 1 amide bonds. The van der Waals surface area contributed by atoms with Crippen LogP contribution in [0.25, 0.3) is 5.69 Å². The summed E-state index contributed by atoms with van der Waals surface area (Å²) < 4.78 is 12.8. The molecular formula is C29H38N6O5. The number of hydrogen-bond acceptors (Lipinski definition) is 9. The van der Waals surface area contributed by atoms with Gasteiger partial charge in [0, 0.05) is 56.6 Å². The second kappa shape index (κ2) is 12.8. The van der Waals surface area contributed by atoms with Crippen molar-refractivity contribution in [2.24, 2.45) is 0 Å². The Morgan fingerprint density at radius 3 is 2.55 bits per heavy atom. The molecule has 1 aromatic heterocycles. The van der Waals surface area contributed by atoms with Crippen molar-refractivity contribution in [3.8, 4) is 17.2 Å². The maximum atomic E-state index is 13.1. The number of ether oxygens (including phenoxy) is 2. The van der Waals surface area contributed by atoms with Crippen LogP contribution < -0.4 is 5.32 Å². The maximum Gasteiger partial charge on any atom is 0.289 e. The molecule has 0 radical (unpaired) electrons. The van der Waals surface area contributed by atoms with Crippen molar-refractivity contribution in [1.82, 2.24) is 29.9 Å². The molecule has 3 heterocycles. The normalized spacial score (nSPS) is 18.7. The van der Waals surface area contributed by atoms with Crippen molar-refractivity contribution in [3.05, 3.63) is 65.2 Å². The Kier molecular flexibility index (Phi) is 8.95. The van der Waals surface area contributed by atoms with E-state index in [9.17, 15) is 15.0 Å². The van der Waals surface area contributed by atoms with Crippen LogP contribution in [-0.4, -0.2) is 99.8 Å². The third-order valence-corrected chi connectivity index (χ3v) is 7.56. The summed E-state index contributed by atoms with van der Waals surface area (Å²) in [5, 5.41) is 31.9. The van der Waals surface area contributed by atoms with E-state index >= 15 is 0 Å². The summed E-state index contributed by atoms with van der Waals surface area (Å²) in [6.07, 6.45) is 1.55. The van der Waals surface area contributed by atoms with Crippen LogP contribution in [0, 0.1) is 0 Å². The van der Waals surface area contributed by atoms with Gasteiger partial charge in [-0.15, -0.1) is 10.2 Å². The van der Waals surface area contributed by atoms with E-state index in [1.54, 1.807) is 10.9 Å². The zero-order valence-electron chi connectivity index (χ0n) is 23.1. The molecule has 3 aromatic rings. The minimum Gasteiger partial charge on any atom is -0.508 e. The highest BCUT2D eigenvalue weighted by Gasteiger charge is 2.28. The number of rotatable bonds is 9. The van der Waals surface area contributed by atoms with Crippen molar-refractivity contribution in [1.29, 1.82) is 0 Å². The van der Waals surface area contributed by atoms with Gasteiger partial charge in [-0.1, -0.05) is 26.0 Å². The Morgan fingerprint density at radius 1 is 1.05 bits per heavy atom. The van der Waals surface area contributed by atoms with Crippen molar-refractivity contribution in [2.75, 3.05) is 59.2 Å². The van der Waals surface area contributed by atoms with Crippen LogP contribution in [-0.2, 0) is 16.0 Å². The lowest BCUT2D eigenvalue weighted by Gasteiger charge is -2.36. The van der Waals surface area contributed by atoms with Gasteiger partial charge in [0.15, 0.2) is 0 Å². The number of carbonyl (C=O) groups excluding carboxylic acids is 1. The Bertz CT molecular complexity index is 1290. The number of morpholine rings is 2. The first kappa shape index (κ1) is 28.0. The molecule has 2 aromatic carbocycles. The van der Waals surface area contributed by atoms with Crippen LogP contribution in [0.4, 0.5) is 0 Å². The SMILES string of the molecule is CC(C)c1cc(C2COCCN2CCNC(=O)c2nncn2-c2ccc(CN3CCOCC3)cc2)c(O)cc1O. The molecule has 2 saturated heterocycles. The number of hydrogen-bond donors (Lipinski definition) is 3. The summed E-state index contributed by atoms with van der Waals surface area (Å²) in [4.78, 5) is 17.6. The van der Waals surface area contributed by atoms with Crippen LogP contribution in [0.3, 0.4) is 0 Å². The molecule has 1 atom stereocenters. The molecule has 3 N–H and O–H groups in total. The largest absolute Gasteiger partial charge is 0.508 e. The van der Waals surface area contributed by atoms with E-state index in [4.69, 9.17) is 9.47 Å². The Hall–Kier alpha value is -3.51. The molecule has 2 aliphatic rings. The van der Waals surface area contributed by atoms with E-state index in [0.717, 1.165) is 44.1 Å². The smallest absolute Gasteiger partial charge is 0.289 e. The molecule has 11 heteroatoms. The number of phenolic OH excluding ortho intramolecular Hbond substituents is 2. The summed E-state index contributed by atoms with van der Waals surface area (Å²) >= 11 is 0. The second-order valence-corrected chi connectivity index (χ2v) is 10.6. The number of nitrogens with one attached hydrogen (secondary N) is 1. The fourth-order valence-corrected chi connectivity index (χ4v) is 5.28. The predicted molar refractivity (Wildman–Crippen MR) is 149 cm³/mol. The number of aromatic nitrogens is 3.